The molecule has 3 saturated carbocycles. The Morgan fingerprint density at radius 3 is 2.39 bits per heavy atom. The van der Waals surface area contributed by atoms with Crippen LogP contribution in [0.2, 0.25) is 0 Å². The van der Waals surface area contributed by atoms with Crippen LogP contribution in [0, 0.1) is 46.3 Å². The molecule has 3 fully saturated rings. The molecule has 4 aliphatic carbocycles. The van der Waals surface area contributed by atoms with E-state index in [0.29, 0.717) is 36.0 Å². The van der Waals surface area contributed by atoms with Gasteiger partial charge in [0.25, 0.3) is 0 Å². The molecule has 0 saturated heterocycles. The minimum atomic E-state index is -1.40. The number of hydrogen-bond acceptors (Lipinski definition) is 3. The van der Waals surface area contributed by atoms with Crippen molar-refractivity contribution in [1.82, 2.24) is 0 Å². The van der Waals surface area contributed by atoms with Crippen molar-refractivity contribution in [3.8, 4) is 0 Å². The molecule has 2 N–H and O–H groups in total. The molecule has 0 aromatic carbocycles. The molecule has 31 heavy (non-hydrogen) atoms. The maximum absolute atomic E-state index is 13.3. The highest BCUT2D eigenvalue weighted by molar-refractivity contribution is 5.99. The van der Waals surface area contributed by atoms with Crippen LogP contribution in [0.1, 0.15) is 86.5 Å². The van der Waals surface area contributed by atoms with Gasteiger partial charge in [-0.05, 0) is 85.5 Å². The van der Waals surface area contributed by atoms with Gasteiger partial charge in [0.05, 0.1) is 6.10 Å². The fourth-order valence-corrected chi connectivity index (χ4v) is 7.96. The van der Waals surface area contributed by atoms with Gasteiger partial charge in [0.15, 0.2) is 5.78 Å². The number of allylic oxidation sites excluding steroid dienone is 3. The lowest BCUT2D eigenvalue weighted by molar-refractivity contribution is -0.180. The highest BCUT2D eigenvalue weighted by Gasteiger charge is 2.65. The molecule has 9 atom stereocenters. The number of aliphatic hydroxyl groups excluding tert-OH is 1. The molecule has 0 spiro atoms. The zero-order chi connectivity index (χ0) is 22.8. The predicted molar refractivity (Wildman–Crippen MR) is 125 cm³/mol. The van der Waals surface area contributed by atoms with Gasteiger partial charge < -0.3 is 10.2 Å². The van der Waals surface area contributed by atoms with E-state index in [0.717, 1.165) is 19.3 Å². The van der Waals surface area contributed by atoms with Crippen LogP contribution < -0.4 is 0 Å². The van der Waals surface area contributed by atoms with Crippen molar-refractivity contribution in [3.05, 3.63) is 23.8 Å². The summed E-state index contributed by atoms with van der Waals surface area (Å²) in [6.07, 6.45) is 12.4. The second-order valence-corrected chi connectivity index (χ2v) is 12.4. The summed E-state index contributed by atoms with van der Waals surface area (Å²) < 4.78 is 0. The highest BCUT2D eigenvalue weighted by Crippen LogP contribution is 2.67. The Morgan fingerprint density at radius 2 is 1.71 bits per heavy atom. The summed E-state index contributed by atoms with van der Waals surface area (Å²) in [7, 11) is 0. The minimum Gasteiger partial charge on any atom is -0.393 e. The molecular formula is C28H44O3. The minimum absolute atomic E-state index is 0.147. The van der Waals surface area contributed by atoms with Crippen LogP contribution in [-0.4, -0.2) is 27.7 Å². The topological polar surface area (TPSA) is 57.5 Å². The van der Waals surface area contributed by atoms with E-state index in [2.05, 4.69) is 53.7 Å². The van der Waals surface area contributed by atoms with Crippen molar-refractivity contribution < 1.29 is 15.0 Å². The normalized spacial score (nSPS) is 47.0. The number of carbonyl (C=O) groups excluding carboxylic acids is 1. The van der Waals surface area contributed by atoms with Crippen LogP contribution in [-0.2, 0) is 4.79 Å². The van der Waals surface area contributed by atoms with Gasteiger partial charge >= 0.3 is 0 Å². The van der Waals surface area contributed by atoms with Crippen LogP contribution >= 0.6 is 0 Å². The average molecular weight is 429 g/mol. The van der Waals surface area contributed by atoms with Crippen LogP contribution in [0.4, 0.5) is 0 Å². The molecule has 0 amide bonds. The highest BCUT2D eigenvalue weighted by atomic mass is 16.3. The van der Waals surface area contributed by atoms with Gasteiger partial charge in [-0.3, -0.25) is 4.79 Å². The molecule has 2 unspecified atom stereocenters. The standard InChI is InChI=1S/C28H44O3/c1-17(2)18(3)7-8-19(4)22-9-10-23-21-15-25(30)28(31)16-20(29)11-14-27(28,6)24(21)12-13-26(22,23)5/h7-8,15,17-20,22-24,29,31H,9-14,16H2,1-6H3/t18-,19+,20?,22+,23-,24-,26+,27+,28?/m0/s1. The SMILES string of the molecule is CC(C)[C@@H](C)C=C[C@@H](C)[C@H]1CC[C@H]2C3=CC(=O)C4(O)CC(O)CC[C@]4(C)[C@H]3CC[C@]12C. The Morgan fingerprint density at radius 1 is 1.00 bits per heavy atom. The molecule has 0 radical (unpaired) electrons. The summed E-state index contributed by atoms with van der Waals surface area (Å²) in [6.45, 7) is 13.9. The van der Waals surface area contributed by atoms with Gasteiger partial charge in [-0.25, -0.2) is 0 Å². The van der Waals surface area contributed by atoms with Gasteiger partial charge in [-0.1, -0.05) is 59.3 Å². The molecule has 3 heteroatoms. The van der Waals surface area contributed by atoms with E-state index in [-0.39, 0.29) is 23.5 Å². The number of fused-ring (bicyclic) bond motifs is 5. The fourth-order valence-electron chi connectivity index (χ4n) is 7.96. The molecule has 0 aliphatic heterocycles. The van der Waals surface area contributed by atoms with Crippen LogP contribution in [0.25, 0.3) is 0 Å². The van der Waals surface area contributed by atoms with Gasteiger partial charge in [0.1, 0.15) is 5.60 Å². The van der Waals surface area contributed by atoms with E-state index in [4.69, 9.17) is 0 Å². The smallest absolute Gasteiger partial charge is 0.187 e. The summed E-state index contributed by atoms with van der Waals surface area (Å²) in [5, 5.41) is 21.7. The van der Waals surface area contributed by atoms with Crippen molar-refractivity contribution >= 4 is 5.78 Å². The van der Waals surface area contributed by atoms with Crippen LogP contribution in [0.5, 0.6) is 0 Å². The Labute approximate surface area is 189 Å². The molecule has 0 heterocycles. The van der Waals surface area contributed by atoms with Crippen molar-refractivity contribution in [2.45, 2.75) is 98.2 Å². The fraction of sp³-hybridized carbons (Fsp3) is 0.821. The summed E-state index contributed by atoms with van der Waals surface area (Å²) >= 11 is 0. The summed E-state index contributed by atoms with van der Waals surface area (Å²) in [5.41, 5.74) is -0.275. The molecule has 0 aromatic rings. The number of carbonyl (C=O) groups is 1. The first-order chi connectivity index (χ1) is 14.4. The number of aliphatic hydroxyl groups is 2. The Bertz CT molecular complexity index is 781. The third-order valence-electron chi connectivity index (χ3n) is 10.5. The number of ketones is 1. The Hall–Kier alpha value is -0.930. The van der Waals surface area contributed by atoms with Gasteiger partial charge in [-0.15, -0.1) is 0 Å². The summed E-state index contributed by atoms with van der Waals surface area (Å²) in [5.74, 6) is 3.03. The average Bonchev–Trinajstić information content (AvgIpc) is 3.05. The van der Waals surface area contributed by atoms with Crippen molar-refractivity contribution in [1.29, 1.82) is 0 Å². The Kier molecular flexibility index (Phi) is 5.87. The molecule has 4 aliphatic rings. The van der Waals surface area contributed by atoms with E-state index in [1.807, 2.05) is 6.08 Å². The first-order valence-corrected chi connectivity index (χ1v) is 12.8. The quantitative estimate of drug-likeness (QED) is 0.564. The van der Waals surface area contributed by atoms with E-state index < -0.39 is 17.1 Å². The van der Waals surface area contributed by atoms with Gasteiger partial charge in [-0.2, -0.15) is 0 Å². The van der Waals surface area contributed by atoms with Crippen molar-refractivity contribution in [3.63, 3.8) is 0 Å². The maximum Gasteiger partial charge on any atom is 0.187 e. The predicted octanol–water partition coefficient (Wildman–Crippen LogP) is 5.70. The zero-order valence-corrected chi connectivity index (χ0v) is 20.5. The monoisotopic (exact) mass is 428 g/mol. The van der Waals surface area contributed by atoms with Crippen LogP contribution in [0.3, 0.4) is 0 Å². The summed E-state index contributed by atoms with van der Waals surface area (Å²) in [4.78, 5) is 13.3. The van der Waals surface area contributed by atoms with E-state index in [9.17, 15) is 15.0 Å². The second-order valence-electron chi connectivity index (χ2n) is 12.4. The van der Waals surface area contributed by atoms with Crippen molar-refractivity contribution in [2.24, 2.45) is 46.3 Å². The van der Waals surface area contributed by atoms with E-state index in [1.54, 1.807) is 0 Å². The van der Waals surface area contributed by atoms with E-state index in [1.165, 1.54) is 18.4 Å². The van der Waals surface area contributed by atoms with Gasteiger partial charge in [0, 0.05) is 11.8 Å². The van der Waals surface area contributed by atoms with Gasteiger partial charge in [0.2, 0.25) is 0 Å². The van der Waals surface area contributed by atoms with Crippen molar-refractivity contribution in [2.75, 3.05) is 0 Å². The van der Waals surface area contributed by atoms with E-state index >= 15 is 0 Å². The number of rotatable bonds is 4. The van der Waals surface area contributed by atoms with Crippen LogP contribution in [0.15, 0.2) is 23.8 Å². The molecule has 0 aromatic heterocycles. The summed E-state index contributed by atoms with van der Waals surface area (Å²) in [6, 6.07) is 0. The maximum atomic E-state index is 13.3. The third kappa shape index (κ3) is 3.41. The third-order valence-corrected chi connectivity index (χ3v) is 10.5. The first kappa shape index (κ1) is 23.2. The lowest BCUT2D eigenvalue weighted by atomic mass is 9.46. The lowest BCUT2D eigenvalue weighted by Gasteiger charge is -2.59. The largest absolute Gasteiger partial charge is 0.393 e. The molecule has 0 bridgehead atoms. The molecule has 174 valence electrons. The second kappa shape index (κ2) is 7.83. The molecule has 3 nitrogen and oxygen atoms in total. The number of hydrogen-bond donors (Lipinski definition) is 2. The molecular weight excluding hydrogens is 384 g/mol. The lowest BCUT2D eigenvalue weighted by Crippen LogP contribution is -2.64. The zero-order valence-electron chi connectivity index (χ0n) is 20.5. The first-order valence-electron chi connectivity index (χ1n) is 12.8. The molecule has 4 rings (SSSR count). The Balaban J connectivity index is 1.62.